The zero-order valence-electron chi connectivity index (χ0n) is 16.6. The lowest BCUT2D eigenvalue weighted by molar-refractivity contribution is -0.136. The number of rotatable bonds is 13. The standard InChI is InChI=1S/C22H34O6/c1-2-18(24)21-16-19(25)20(28-21)15-14-17(23)12-10-8-6-4-3-5-7-9-11-13-22(26)27/h3-4,7-10,14-15,17-21,23-25H,2,5-6,11-13,16H2,1H3,(H,26,27)/b4-3-,9-7-,10-8-,15-14+/t17-,18+,19-,20-,21+/m0/s1. The number of aliphatic hydroxyl groups excluding tert-OH is 3. The predicted octanol–water partition coefficient (Wildman–Crippen LogP) is 2.90. The molecule has 28 heavy (non-hydrogen) atoms. The van der Waals surface area contributed by atoms with Gasteiger partial charge in [0.1, 0.15) is 6.10 Å². The van der Waals surface area contributed by atoms with Crippen LogP contribution in [0.2, 0.25) is 0 Å². The van der Waals surface area contributed by atoms with Crippen LogP contribution in [0.25, 0.3) is 0 Å². The molecule has 1 rings (SSSR count). The molecule has 1 fully saturated rings. The van der Waals surface area contributed by atoms with E-state index in [1.165, 1.54) is 0 Å². The van der Waals surface area contributed by atoms with Crippen LogP contribution in [0.5, 0.6) is 0 Å². The number of carboxylic acid groups (broad SMARTS) is 1. The number of aliphatic hydroxyl groups is 3. The van der Waals surface area contributed by atoms with Gasteiger partial charge in [-0.1, -0.05) is 55.5 Å². The van der Waals surface area contributed by atoms with Crippen molar-refractivity contribution in [3.05, 3.63) is 48.6 Å². The van der Waals surface area contributed by atoms with Crippen molar-refractivity contribution in [3.63, 3.8) is 0 Å². The van der Waals surface area contributed by atoms with Gasteiger partial charge in [0.25, 0.3) is 0 Å². The van der Waals surface area contributed by atoms with Crippen molar-refractivity contribution >= 4 is 5.97 Å². The Morgan fingerprint density at radius 2 is 1.75 bits per heavy atom. The first-order chi connectivity index (χ1) is 13.4. The Hall–Kier alpha value is -1.73. The van der Waals surface area contributed by atoms with Crippen molar-refractivity contribution in [2.24, 2.45) is 0 Å². The van der Waals surface area contributed by atoms with E-state index in [0.717, 1.165) is 12.8 Å². The van der Waals surface area contributed by atoms with E-state index >= 15 is 0 Å². The molecule has 6 heteroatoms. The first-order valence-corrected chi connectivity index (χ1v) is 9.98. The van der Waals surface area contributed by atoms with Gasteiger partial charge in [0.2, 0.25) is 0 Å². The average molecular weight is 395 g/mol. The van der Waals surface area contributed by atoms with Crippen molar-refractivity contribution in [1.82, 2.24) is 0 Å². The van der Waals surface area contributed by atoms with Crippen LogP contribution in [-0.4, -0.2) is 56.9 Å². The Balaban J connectivity index is 2.18. The molecule has 0 radical (unpaired) electrons. The number of allylic oxidation sites excluding steroid dienone is 5. The molecule has 6 nitrogen and oxygen atoms in total. The minimum Gasteiger partial charge on any atom is -0.481 e. The van der Waals surface area contributed by atoms with Gasteiger partial charge in [0, 0.05) is 12.8 Å². The van der Waals surface area contributed by atoms with Gasteiger partial charge in [-0.15, -0.1) is 0 Å². The number of aliphatic carboxylic acids is 1. The highest BCUT2D eigenvalue weighted by atomic mass is 16.5. The summed E-state index contributed by atoms with van der Waals surface area (Å²) in [5.41, 5.74) is 0. The normalized spacial score (nSPS) is 25.5. The summed E-state index contributed by atoms with van der Waals surface area (Å²) in [4.78, 5) is 10.3. The molecule has 1 saturated heterocycles. The van der Waals surface area contributed by atoms with E-state index in [-0.39, 0.29) is 12.5 Å². The lowest BCUT2D eigenvalue weighted by Crippen LogP contribution is -2.25. The summed E-state index contributed by atoms with van der Waals surface area (Å²) in [6.07, 6.45) is 16.0. The SMILES string of the molecule is CC[C@@H](O)[C@H]1C[C@H](O)[C@H](/C=C/[C@@H](O)C/C=C\C/C=C\C/C=C\CCC(=O)O)O1. The second-order valence-electron chi connectivity index (χ2n) is 6.92. The van der Waals surface area contributed by atoms with Gasteiger partial charge in [0.05, 0.1) is 24.4 Å². The maximum atomic E-state index is 10.3. The summed E-state index contributed by atoms with van der Waals surface area (Å²) in [6.45, 7) is 1.87. The summed E-state index contributed by atoms with van der Waals surface area (Å²) < 4.78 is 5.63. The first-order valence-electron chi connectivity index (χ1n) is 9.98. The molecule has 1 aliphatic rings. The van der Waals surface area contributed by atoms with E-state index in [1.54, 1.807) is 12.2 Å². The fraction of sp³-hybridized carbons (Fsp3) is 0.591. The summed E-state index contributed by atoms with van der Waals surface area (Å²) >= 11 is 0. The zero-order chi connectivity index (χ0) is 20.8. The fourth-order valence-electron chi connectivity index (χ4n) is 2.82. The van der Waals surface area contributed by atoms with Gasteiger partial charge >= 0.3 is 5.97 Å². The van der Waals surface area contributed by atoms with Gasteiger partial charge in [-0.3, -0.25) is 4.79 Å². The third-order valence-electron chi connectivity index (χ3n) is 4.50. The summed E-state index contributed by atoms with van der Waals surface area (Å²) in [5, 5.41) is 38.3. The van der Waals surface area contributed by atoms with E-state index in [2.05, 4.69) is 0 Å². The molecule has 1 aliphatic heterocycles. The predicted molar refractivity (Wildman–Crippen MR) is 109 cm³/mol. The van der Waals surface area contributed by atoms with Crippen molar-refractivity contribution in [2.75, 3.05) is 0 Å². The molecule has 0 unspecified atom stereocenters. The van der Waals surface area contributed by atoms with Crippen LogP contribution in [-0.2, 0) is 9.53 Å². The van der Waals surface area contributed by atoms with Crippen LogP contribution in [0.1, 0.15) is 51.9 Å². The third-order valence-corrected chi connectivity index (χ3v) is 4.50. The molecule has 1 heterocycles. The molecule has 0 spiro atoms. The van der Waals surface area contributed by atoms with Gasteiger partial charge in [-0.25, -0.2) is 0 Å². The molecule has 0 aliphatic carbocycles. The van der Waals surface area contributed by atoms with Gasteiger partial charge in [-0.2, -0.15) is 0 Å². The van der Waals surface area contributed by atoms with Crippen molar-refractivity contribution < 1.29 is 30.0 Å². The van der Waals surface area contributed by atoms with Crippen LogP contribution >= 0.6 is 0 Å². The molecular weight excluding hydrogens is 360 g/mol. The van der Waals surface area contributed by atoms with E-state index in [0.29, 0.717) is 25.7 Å². The molecule has 0 aromatic heterocycles. The first kappa shape index (κ1) is 24.3. The van der Waals surface area contributed by atoms with Gasteiger partial charge in [-0.05, 0) is 32.1 Å². The van der Waals surface area contributed by atoms with Crippen molar-refractivity contribution in [2.45, 2.75) is 82.4 Å². The highest BCUT2D eigenvalue weighted by Crippen LogP contribution is 2.25. The smallest absolute Gasteiger partial charge is 0.303 e. The summed E-state index contributed by atoms with van der Waals surface area (Å²) in [6, 6.07) is 0. The molecule has 5 atom stereocenters. The molecule has 4 N–H and O–H groups in total. The highest BCUT2D eigenvalue weighted by Gasteiger charge is 2.35. The molecule has 158 valence electrons. The zero-order valence-corrected chi connectivity index (χ0v) is 16.6. The Morgan fingerprint density at radius 1 is 1.11 bits per heavy atom. The molecule has 0 bridgehead atoms. The van der Waals surface area contributed by atoms with Crippen LogP contribution in [0, 0.1) is 0 Å². The summed E-state index contributed by atoms with van der Waals surface area (Å²) in [7, 11) is 0. The van der Waals surface area contributed by atoms with E-state index < -0.39 is 30.4 Å². The Bertz CT molecular complexity index is 551. The number of hydrogen-bond donors (Lipinski definition) is 4. The summed E-state index contributed by atoms with van der Waals surface area (Å²) in [5.74, 6) is -0.784. The van der Waals surface area contributed by atoms with Crippen LogP contribution in [0.15, 0.2) is 48.6 Å². The molecule has 0 aromatic carbocycles. The molecule has 0 aromatic rings. The number of carbonyl (C=O) groups is 1. The molecular formula is C22H34O6. The van der Waals surface area contributed by atoms with Crippen LogP contribution < -0.4 is 0 Å². The number of ether oxygens (including phenoxy) is 1. The minimum absolute atomic E-state index is 0.160. The van der Waals surface area contributed by atoms with E-state index in [1.807, 2.05) is 43.4 Å². The monoisotopic (exact) mass is 394 g/mol. The largest absolute Gasteiger partial charge is 0.481 e. The highest BCUT2D eigenvalue weighted by molar-refractivity contribution is 5.66. The van der Waals surface area contributed by atoms with E-state index in [4.69, 9.17) is 9.84 Å². The number of hydrogen-bond acceptors (Lipinski definition) is 5. The Labute approximate surface area is 167 Å². The maximum absolute atomic E-state index is 10.3. The van der Waals surface area contributed by atoms with Crippen molar-refractivity contribution in [3.8, 4) is 0 Å². The lowest BCUT2D eigenvalue weighted by atomic mass is 10.1. The molecule has 0 amide bonds. The van der Waals surface area contributed by atoms with Crippen molar-refractivity contribution in [1.29, 1.82) is 0 Å². The maximum Gasteiger partial charge on any atom is 0.303 e. The Morgan fingerprint density at radius 3 is 2.39 bits per heavy atom. The Kier molecular flexibility index (Phi) is 12.4. The van der Waals surface area contributed by atoms with Crippen LogP contribution in [0.3, 0.4) is 0 Å². The number of carboxylic acids is 1. The second-order valence-corrected chi connectivity index (χ2v) is 6.92. The van der Waals surface area contributed by atoms with Gasteiger partial charge < -0.3 is 25.2 Å². The third kappa shape index (κ3) is 10.6. The minimum atomic E-state index is -0.784. The molecule has 0 saturated carbocycles. The quantitative estimate of drug-likeness (QED) is 0.358. The second kappa shape index (κ2) is 14.3. The van der Waals surface area contributed by atoms with Gasteiger partial charge in [0.15, 0.2) is 0 Å². The fourth-order valence-corrected chi connectivity index (χ4v) is 2.82. The lowest BCUT2D eigenvalue weighted by Gasteiger charge is -2.16. The topological polar surface area (TPSA) is 107 Å². The van der Waals surface area contributed by atoms with E-state index in [9.17, 15) is 20.1 Å². The van der Waals surface area contributed by atoms with Crippen LogP contribution in [0.4, 0.5) is 0 Å². The average Bonchev–Trinajstić information content (AvgIpc) is 3.04.